The molecule has 1 saturated carbocycles. The monoisotopic (exact) mass is 407 g/mol. The van der Waals surface area contributed by atoms with E-state index < -0.39 is 0 Å². The topological polar surface area (TPSA) is 67.2 Å². The van der Waals surface area contributed by atoms with Crippen molar-refractivity contribution in [2.75, 3.05) is 11.9 Å². The van der Waals surface area contributed by atoms with Crippen LogP contribution in [0.5, 0.6) is 0 Å². The van der Waals surface area contributed by atoms with E-state index in [-0.39, 0.29) is 17.1 Å². The number of nitrogens with zero attached hydrogens (tertiary/aromatic N) is 2. The van der Waals surface area contributed by atoms with Crippen LogP contribution in [0.4, 0.5) is 5.82 Å². The highest BCUT2D eigenvalue weighted by atomic mass is 35.5. The van der Waals surface area contributed by atoms with Crippen molar-refractivity contribution in [3.63, 3.8) is 0 Å². The van der Waals surface area contributed by atoms with Gasteiger partial charge in [0.05, 0.1) is 11.1 Å². The maximum atomic E-state index is 12.5. The lowest BCUT2D eigenvalue weighted by Crippen LogP contribution is -2.26. The van der Waals surface area contributed by atoms with Crippen LogP contribution < -0.4 is 10.9 Å². The summed E-state index contributed by atoms with van der Waals surface area (Å²) in [7, 11) is 1.75. The van der Waals surface area contributed by atoms with Gasteiger partial charge in [-0.05, 0) is 48.6 Å². The molecule has 3 aromatic rings. The fourth-order valence-electron chi connectivity index (χ4n) is 4.81. The Morgan fingerprint density at radius 2 is 2.03 bits per heavy atom. The van der Waals surface area contributed by atoms with E-state index in [1.165, 1.54) is 0 Å². The molecule has 148 valence electrons. The van der Waals surface area contributed by atoms with Gasteiger partial charge in [0.25, 0.3) is 5.56 Å². The minimum atomic E-state index is -0.292. The molecule has 29 heavy (non-hydrogen) atoms. The van der Waals surface area contributed by atoms with Crippen LogP contribution in [0, 0.1) is 0 Å². The van der Waals surface area contributed by atoms with E-state index in [0.717, 1.165) is 47.5 Å². The van der Waals surface area contributed by atoms with Gasteiger partial charge in [-0.2, -0.15) is 0 Å². The molecule has 1 aliphatic carbocycles. The average Bonchev–Trinajstić information content (AvgIpc) is 3.28. The lowest BCUT2D eigenvalue weighted by Gasteiger charge is -2.24. The quantitative estimate of drug-likeness (QED) is 0.674. The summed E-state index contributed by atoms with van der Waals surface area (Å²) in [6, 6.07) is 11.6. The molecule has 2 aromatic heterocycles. The van der Waals surface area contributed by atoms with Crippen LogP contribution in [-0.2, 0) is 12.5 Å². The number of anilines is 1. The summed E-state index contributed by atoms with van der Waals surface area (Å²) in [5, 5.41) is 14.2. The third kappa shape index (κ3) is 2.88. The van der Waals surface area contributed by atoms with E-state index in [1.54, 1.807) is 24.0 Å². The molecule has 5 rings (SSSR count). The smallest absolute Gasteiger partial charge is 0.258 e. The number of fused-ring (bicyclic) bond motifs is 2. The Kier molecular flexibility index (Phi) is 4.26. The molecule has 5 nitrogen and oxygen atoms in total. The third-order valence-electron chi connectivity index (χ3n) is 6.33. The first-order valence-corrected chi connectivity index (χ1v) is 10.2. The molecule has 0 radical (unpaired) electrons. The third-order valence-corrected chi connectivity index (χ3v) is 6.72. The predicted molar refractivity (Wildman–Crippen MR) is 115 cm³/mol. The number of benzene rings is 1. The molecular weight excluding hydrogens is 386 g/mol. The highest BCUT2D eigenvalue weighted by Gasteiger charge is 2.47. The zero-order valence-corrected chi connectivity index (χ0v) is 16.9. The van der Waals surface area contributed by atoms with Gasteiger partial charge in [0.1, 0.15) is 5.82 Å². The van der Waals surface area contributed by atoms with Gasteiger partial charge in [-0.25, -0.2) is 4.98 Å². The molecule has 1 fully saturated rings. The molecule has 0 unspecified atom stereocenters. The summed E-state index contributed by atoms with van der Waals surface area (Å²) in [4.78, 5) is 17.2. The number of rotatable bonds is 2. The van der Waals surface area contributed by atoms with Crippen LogP contribution in [0.2, 0.25) is 5.02 Å². The lowest BCUT2D eigenvalue weighted by atomic mass is 9.80. The van der Waals surface area contributed by atoms with Crippen molar-refractivity contribution in [1.82, 2.24) is 9.55 Å². The molecule has 0 amide bonds. The molecule has 1 spiro atoms. The van der Waals surface area contributed by atoms with Crippen LogP contribution in [0.15, 0.2) is 53.6 Å². The number of hydrogen-bond donors (Lipinski definition) is 2. The average molecular weight is 408 g/mol. The number of aliphatic hydroxyl groups is 1. The van der Waals surface area contributed by atoms with Crippen LogP contribution >= 0.6 is 11.6 Å². The zero-order valence-electron chi connectivity index (χ0n) is 16.2. The van der Waals surface area contributed by atoms with Crippen LogP contribution in [0.25, 0.3) is 22.3 Å². The highest BCUT2D eigenvalue weighted by Crippen LogP contribution is 2.51. The van der Waals surface area contributed by atoms with E-state index in [0.29, 0.717) is 17.0 Å². The van der Waals surface area contributed by atoms with Gasteiger partial charge >= 0.3 is 0 Å². The van der Waals surface area contributed by atoms with Gasteiger partial charge in [0.2, 0.25) is 0 Å². The first-order chi connectivity index (χ1) is 14.0. The Hall–Kier alpha value is -2.63. The minimum absolute atomic E-state index is 0.0362. The number of aromatic nitrogens is 2. The molecule has 6 heteroatoms. The Bertz CT molecular complexity index is 1170. The fourth-order valence-corrected chi connectivity index (χ4v) is 5.25. The van der Waals surface area contributed by atoms with Crippen molar-refractivity contribution in [3.05, 3.63) is 69.7 Å². The molecule has 2 aliphatic rings. The molecule has 1 aromatic carbocycles. The van der Waals surface area contributed by atoms with Crippen molar-refractivity contribution in [1.29, 1.82) is 0 Å². The number of aliphatic hydroxyl groups excluding tert-OH is 1. The summed E-state index contributed by atoms with van der Waals surface area (Å²) in [6.45, 7) is 0.760. The fraction of sp³-hybridized carbons (Fsp3) is 0.304. The van der Waals surface area contributed by atoms with Crippen LogP contribution in [-0.4, -0.2) is 27.3 Å². The second kappa shape index (κ2) is 6.71. The first kappa shape index (κ1) is 18.4. The second-order valence-electron chi connectivity index (χ2n) is 8.16. The normalized spacial score (nSPS) is 22.7. The van der Waals surface area contributed by atoms with E-state index >= 15 is 0 Å². The molecule has 3 heterocycles. The molecule has 1 aliphatic heterocycles. The van der Waals surface area contributed by atoms with E-state index in [1.807, 2.05) is 36.4 Å². The van der Waals surface area contributed by atoms with E-state index in [9.17, 15) is 9.90 Å². The maximum Gasteiger partial charge on any atom is 0.258 e. The molecule has 2 N–H and O–H groups in total. The number of hydrogen-bond acceptors (Lipinski definition) is 4. The summed E-state index contributed by atoms with van der Waals surface area (Å²) in [5.74, 6) is 0.820. The lowest BCUT2D eigenvalue weighted by molar-refractivity contribution is 0.175. The Balaban J connectivity index is 1.63. The number of halogens is 1. The van der Waals surface area contributed by atoms with Gasteiger partial charge in [-0.15, -0.1) is 0 Å². The molecule has 0 bridgehead atoms. The number of nitrogens with one attached hydrogen (secondary N) is 1. The maximum absolute atomic E-state index is 12.5. The van der Waals surface area contributed by atoms with E-state index in [4.69, 9.17) is 11.6 Å². The van der Waals surface area contributed by atoms with Crippen molar-refractivity contribution < 1.29 is 5.11 Å². The molecule has 0 saturated heterocycles. The summed E-state index contributed by atoms with van der Waals surface area (Å²) >= 11 is 6.93. The Labute approximate surface area is 174 Å². The summed E-state index contributed by atoms with van der Waals surface area (Å²) < 4.78 is 1.58. The van der Waals surface area contributed by atoms with Gasteiger partial charge in [-0.3, -0.25) is 4.79 Å². The SMILES string of the molecule is Cn1cccc(-c2cccc(-c3cnc4c(c3Cl)[C@]3(CC[C@@H](O)C3)CN4)c2)c1=O. The van der Waals surface area contributed by atoms with Crippen molar-refractivity contribution in [2.45, 2.75) is 30.8 Å². The van der Waals surface area contributed by atoms with E-state index in [2.05, 4.69) is 10.3 Å². The van der Waals surface area contributed by atoms with Crippen LogP contribution in [0.1, 0.15) is 24.8 Å². The second-order valence-corrected chi connectivity index (χ2v) is 8.54. The Morgan fingerprint density at radius 3 is 2.79 bits per heavy atom. The van der Waals surface area contributed by atoms with Crippen molar-refractivity contribution >= 4 is 17.4 Å². The standard InChI is InChI=1S/C23H22ClN3O2/c1-27-9-3-6-17(22(27)29)14-4-2-5-15(10-14)18-12-25-21-19(20(18)24)23(13-26-21)8-7-16(28)11-23/h2-6,9-10,12,16,28H,7-8,11,13H2,1H3,(H,25,26)/t16-,23+/m1/s1. The van der Waals surface area contributed by atoms with Crippen molar-refractivity contribution in [2.24, 2.45) is 7.05 Å². The largest absolute Gasteiger partial charge is 0.393 e. The van der Waals surface area contributed by atoms with Crippen LogP contribution in [0.3, 0.4) is 0 Å². The number of aryl methyl sites for hydroxylation is 1. The number of pyridine rings is 2. The van der Waals surface area contributed by atoms with Gasteiger partial charge in [0, 0.05) is 48.1 Å². The summed E-state index contributed by atoms with van der Waals surface area (Å²) in [5.41, 5.74) is 4.12. The minimum Gasteiger partial charge on any atom is -0.393 e. The Morgan fingerprint density at radius 1 is 1.24 bits per heavy atom. The van der Waals surface area contributed by atoms with Gasteiger partial charge in [0.15, 0.2) is 0 Å². The molecular formula is C23H22ClN3O2. The zero-order chi connectivity index (χ0) is 20.2. The van der Waals surface area contributed by atoms with Gasteiger partial charge in [-0.1, -0.05) is 29.8 Å². The molecule has 2 atom stereocenters. The van der Waals surface area contributed by atoms with Gasteiger partial charge < -0.3 is 15.0 Å². The highest BCUT2D eigenvalue weighted by molar-refractivity contribution is 6.34. The predicted octanol–water partition coefficient (Wildman–Crippen LogP) is 3.98. The first-order valence-electron chi connectivity index (χ1n) is 9.86. The van der Waals surface area contributed by atoms with Crippen molar-refractivity contribution in [3.8, 4) is 22.3 Å². The summed E-state index contributed by atoms with van der Waals surface area (Å²) in [6.07, 6.45) is 5.64.